The standard InChI is InChI=1S/C26H37N5O4S/c1-4-5-11-26(34-13-14-35-26)20-10-6-9-18(21(20)32)22(33)23-28-24-19(25(29-23)36-3)15-27-31(24)16-17-8-7-12-30(17)2/h15,17-18,20H,4-14,16H2,1-3H3. The number of hydrogen-bond donors (Lipinski definition) is 0. The highest BCUT2D eigenvalue weighted by molar-refractivity contribution is 7.98. The molecule has 36 heavy (non-hydrogen) atoms. The molecule has 3 aliphatic rings. The van der Waals surface area contributed by atoms with Crippen molar-refractivity contribution in [2.24, 2.45) is 11.8 Å². The van der Waals surface area contributed by atoms with Crippen LogP contribution in [0.5, 0.6) is 0 Å². The summed E-state index contributed by atoms with van der Waals surface area (Å²) in [5.41, 5.74) is 0.666. The van der Waals surface area contributed by atoms with Crippen molar-refractivity contribution in [1.29, 1.82) is 0 Å². The molecule has 2 aromatic heterocycles. The van der Waals surface area contributed by atoms with Crippen LogP contribution < -0.4 is 0 Å². The monoisotopic (exact) mass is 515 g/mol. The van der Waals surface area contributed by atoms with Gasteiger partial charge in [0.15, 0.2) is 23.0 Å². The van der Waals surface area contributed by atoms with E-state index >= 15 is 0 Å². The van der Waals surface area contributed by atoms with Crippen LogP contribution in [0.1, 0.15) is 68.9 Å². The molecule has 0 radical (unpaired) electrons. The Morgan fingerprint density at radius 3 is 2.69 bits per heavy atom. The summed E-state index contributed by atoms with van der Waals surface area (Å²) >= 11 is 1.47. The van der Waals surface area contributed by atoms with E-state index in [2.05, 4.69) is 29.0 Å². The van der Waals surface area contributed by atoms with Gasteiger partial charge in [-0.3, -0.25) is 9.59 Å². The molecule has 3 atom stereocenters. The first-order valence-electron chi connectivity index (χ1n) is 13.3. The number of aromatic nitrogens is 4. The molecule has 2 saturated heterocycles. The van der Waals surface area contributed by atoms with E-state index in [-0.39, 0.29) is 17.4 Å². The lowest BCUT2D eigenvalue weighted by molar-refractivity contribution is -0.206. The highest BCUT2D eigenvalue weighted by Crippen LogP contribution is 2.42. The number of ether oxygens (including phenoxy) is 2. The molecule has 0 bridgehead atoms. The van der Waals surface area contributed by atoms with Crippen molar-refractivity contribution in [3.8, 4) is 0 Å². The average Bonchev–Trinajstić information content (AvgIpc) is 3.63. The lowest BCUT2D eigenvalue weighted by Crippen LogP contribution is -2.49. The molecule has 2 aliphatic heterocycles. The maximum absolute atomic E-state index is 13.8. The molecule has 4 heterocycles. The van der Waals surface area contributed by atoms with Crippen LogP contribution in [0.15, 0.2) is 11.2 Å². The smallest absolute Gasteiger partial charge is 0.210 e. The Morgan fingerprint density at radius 2 is 2.00 bits per heavy atom. The van der Waals surface area contributed by atoms with Crippen molar-refractivity contribution in [2.45, 2.75) is 81.7 Å². The normalized spacial score (nSPS) is 26.8. The quantitative estimate of drug-likeness (QED) is 0.214. The number of unbranched alkanes of at least 4 members (excludes halogenated alkanes) is 1. The van der Waals surface area contributed by atoms with Crippen molar-refractivity contribution in [1.82, 2.24) is 24.6 Å². The molecule has 1 saturated carbocycles. The number of rotatable bonds is 9. The van der Waals surface area contributed by atoms with Crippen LogP contribution in [0, 0.1) is 11.8 Å². The minimum atomic E-state index is -0.896. The lowest BCUT2D eigenvalue weighted by atomic mass is 9.73. The van der Waals surface area contributed by atoms with E-state index in [1.807, 2.05) is 10.9 Å². The van der Waals surface area contributed by atoms with E-state index in [0.717, 1.165) is 49.2 Å². The number of nitrogens with zero attached hydrogens (tertiary/aromatic N) is 5. The molecule has 5 rings (SSSR count). The Bertz CT molecular complexity index is 1120. The van der Waals surface area contributed by atoms with Gasteiger partial charge >= 0.3 is 0 Å². The second-order valence-electron chi connectivity index (χ2n) is 10.3. The van der Waals surface area contributed by atoms with Gasteiger partial charge < -0.3 is 14.4 Å². The molecule has 0 amide bonds. The van der Waals surface area contributed by atoms with Gasteiger partial charge in [0.05, 0.1) is 43.2 Å². The van der Waals surface area contributed by atoms with Gasteiger partial charge in [-0.1, -0.05) is 19.8 Å². The Kier molecular flexibility index (Phi) is 7.76. The van der Waals surface area contributed by atoms with Gasteiger partial charge in [-0.2, -0.15) is 5.10 Å². The Morgan fingerprint density at radius 1 is 1.19 bits per heavy atom. The number of carbonyl (C=O) groups is 2. The zero-order valence-electron chi connectivity index (χ0n) is 21.6. The van der Waals surface area contributed by atoms with Gasteiger partial charge in [0.1, 0.15) is 5.03 Å². The molecule has 3 fully saturated rings. The number of thioether (sulfide) groups is 1. The summed E-state index contributed by atoms with van der Waals surface area (Å²) in [5.74, 6) is -2.35. The van der Waals surface area contributed by atoms with E-state index in [1.165, 1.54) is 18.2 Å². The molecule has 0 spiro atoms. The largest absolute Gasteiger partial charge is 0.347 e. The van der Waals surface area contributed by atoms with E-state index < -0.39 is 17.6 Å². The Balaban J connectivity index is 1.43. The van der Waals surface area contributed by atoms with Gasteiger partial charge in [-0.25, -0.2) is 14.6 Å². The van der Waals surface area contributed by atoms with Crippen LogP contribution in [0.2, 0.25) is 0 Å². The van der Waals surface area contributed by atoms with E-state index in [1.54, 1.807) is 6.20 Å². The summed E-state index contributed by atoms with van der Waals surface area (Å²) in [6.45, 7) is 4.89. The number of fused-ring (bicyclic) bond motifs is 1. The van der Waals surface area contributed by atoms with Crippen molar-refractivity contribution in [3.05, 3.63) is 12.0 Å². The molecule has 0 N–H and O–H groups in total. The number of carbonyl (C=O) groups excluding carboxylic acids is 2. The third-order valence-corrected chi connectivity index (χ3v) is 8.80. The third kappa shape index (κ3) is 4.73. The van der Waals surface area contributed by atoms with Crippen molar-refractivity contribution in [2.75, 3.05) is 33.1 Å². The first-order chi connectivity index (χ1) is 17.5. The summed E-state index contributed by atoms with van der Waals surface area (Å²) in [6, 6.07) is 0.395. The van der Waals surface area contributed by atoms with Crippen LogP contribution in [-0.4, -0.2) is 81.1 Å². The molecule has 0 aromatic carbocycles. The molecule has 1 aliphatic carbocycles. The molecule has 196 valence electrons. The predicted molar refractivity (Wildman–Crippen MR) is 137 cm³/mol. The molecular weight excluding hydrogens is 478 g/mol. The van der Waals surface area contributed by atoms with Crippen molar-refractivity contribution in [3.63, 3.8) is 0 Å². The highest BCUT2D eigenvalue weighted by atomic mass is 32.2. The van der Waals surface area contributed by atoms with Crippen LogP contribution >= 0.6 is 11.8 Å². The average molecular weight is 516 g/mol. The van der Waals surface area contributed by atoms with Crippen LogP contribution in [0.25, 0.3) is 11.0 Å². The second kappa shape index (κ2) is 10.8. The summed E-state index contributed by atoms with van der Waals surface area (Å²) < 4.78 is 14.0. The number of likely N-dealkylation sites (tertiary alicyclic amines) is 1. The number of hydrogen-bond acceptors (Lipinski definition) is 9. The molecule has 9 nitrogen and oxygen atoms in total. The third-order valence-electron chi connectivity index (χ3n) is 8.10. The summed E-state index contributed by atoms with van der Waals surface area (Å²) in [7, 11) is 2.14. The topological polar surface area (TPSA) is 99.4 Å². The van der Waals surface area contributed by atoms with Crippen molar-refractivity contribution >= 4 is 34.4 Å². The van der Waals surface area contributed by atoms with Crippen molar-refractivity contribution < 1.29 is 19.1 Å². The maximum Gasteiger partial charge on any atom is 0.210 e. The van der Waals surface area contributed by atoms with E-state index in [4.69, 9.17) is 14.5 Å². The maximum atomic E-state index is 13.8. The van der Waals surface area contributed by atoms with Crippen LogP contribution in [0.3, 0.4) is 0 Å². The van der Waals surface area contributed by atoms with E-state index in [9.17, 15) is 9.59 Å². The summed E-state index contributed by atoms with van der Waals surface area (Å²) in [4.78, 5) is 39.1. The fraction of sp³-hybridized carbons (Fsp3) is 0.731. The van der Waals surface area contributed by atoms with Gasteiger partial charge in [0.25, 0.3) is 0 Å². The SMILES string of the molecule is CCCCC1(C2CCCC(C(=O)c3nc(SC)c4cnn(CC5CCCN5C)c4n3)C2=O)OCCO1. The van der Waals surface area contributed by atoms with Gasteiger partial charge in [-0.15, -0.1) is 11.8 Å². The fourth-order valence-electron chi connectivity index (χ4n) is 6.06. The van der Waals surface area contributed by atoms with Gasteiger partial charge in [-0.05, 0) is 52.0 Å². The number of ketones is 2. The van der Waals surface area contributed by atoms with Crippen LogP contribution in [-0.2, 0) is 20.8 Å². The zero-order chi connectivity index (χ0) is 25.3. The summed E-state index contributed by atoms with van der Waals surface area (Å²) in [6.07, 6.45) is 10.6. The molecule has 3 unspecified atom stereocenters. The molecule has 2 aromatic rings. The minimum absolute atomic E-state index is 0.0836. The number of likely N-dealkylation sites (N-methyl/N-ethyl adjacent to an activating group) is 1. The van der Waals surface area contributed by atoms with Gasteiger partial charge in [0, 0.05) is 12.5 Å². The number of Topliss-reactive ketones (excluding diaryl/α,β-unsaturated/α-hetero) is 2. The van der Waals surface area contributed by atoms with Crippen LogP contribution in [0.4, 0.5) is 0 Å². The second-order valence-corrected chi connectivity index (χ2v) is 11.1. The first kappa shape index (κ1) is 25.8. The molecule has 10 heteroatoms. The summed E-state index contributed by atoms with van der Waals surface area (Å²) in [5, 5.41) is 6.16. The van der Waals surface area contributed by atoms with Gasteiger partial charge in [0.2, 0.25) is 5.78 Å². The Labute approximate surface area is 216 Å². The zero-order valence-corrected chi connectivity index (χ0v) is 22.4. The minimum Gasteiger partial charge on any atom is -0.347 e. The Hall–Kier alpha value is -1.88. The lowest BCUT2D eigenvalue weighted by Gasteiger charge is -2.38. The fourth-order valence-corrected chi connectivity index (χ4v) is 6.60. The highest BCUT2D eigenvalue weighted by Gasteiger charge is 2.51. The molecular formula is C26H37N5O4S. The predicted octanol–water partition coefficient (Wildman–Crippen LogP) is 3.74. The first-order valence-corrected chi connectivity index (χ1v) is 14.5. The van der Waals surface area contributed by atoms with E-state index in [0.29, 0.717) is 44.2 Å².